The first kappa shape index (κ1) is 19.9. The highest BCUT2D eigenvalue weighted by Crippen LogP contribution is 2.27. The lowest BCUT2D eigenvalue weighted by molar-refractivity contribution is 0.0696. The standard InChI is InChI=1S/C21H16Cl2N2O3/c1-12(25-20(26)15-8-9-17(22)18(23)11-15)19-16(3-2-10-24-19)13-4-6-14(7-5-13)21(27)28/h2-12H,1H3,(H,25,26)(H,27,28). The first-order valence-corrected chi connectivity index (χ1v) is 9.17. The summed E-state index contributed by atoms with van der Waals surface area (Å²) in [5, 5.41) is 12.6. The van der Waals surface area contributed by atoms with E-state index in [1.54, 1.807) is 36.5 Å². The third-order valence-corrected chi connectivity index (χ3v) is 4.96. The molecule has 1 heterocycles. The molecule has 0 spiro atoms. The van der Waals surface area contributed by atoms with E-state index in [1.165, 1.54) is 18.2 Å². The molecular weight excluding hydrogens is 399 g/mol. The van der Waals surface area contributed by atoms with Crippen LogP contribution in [-0.4, -0.2) is 22.0 Å². The van der Waals surface area contributed by atoms with E-state index in [2.05, 4.69) is 10.3 Å². The zero-order valence-electron chi connectivity index (χ0n) is 14.8. The van der Waals surface area contributed by atoms with E-state index in [4.69, 9.17) is 28.3 Å². The summed E-state index contributed by atoms with van der Waals surface area (Å²) < 4.78 is 0. The second kappa shape index (κ2) is 8.42. The number of nitrogens with zero attached hydrogens (tertiary/aromatic N) is 1. The fraction of sp³-hybridized carbons (Fsp3) is 0.0952. The van der Waals surface area contributed by atoms with Gasteiger partial charge in [0.2, 0.25) is 0 Å². The second-order valence-electron chi connectivity index (χ2n) is 6.14. The number of halogens is 2. The monoisotopic (exact) mass is 414 g/mol. The molecular formula is C21H16Cl2N2O3. The van der Waals surface area contributed by atoms with Gasteiger partial charge in [0.25, 0.3) is 5.91 Å². The summed E-state index contributed by atoms with van der Waals surface area (Å²) in [6, 6.07) is 14.5. The molecule has 0 fully saturated rings. The first-order valence-electron chi connectivity index (χ1n) is 8.41. The summed E-state index contributed by atoms with van der Waals surface area (Å²) in [7, 11) is 0. The van der Waals surface area contributed by atoms with E-state index in [9.17, 15) is 9.59 Å². The smallest absolute Gasteiger partial charge is 0.335 e. The molecule has 2 aromatic carbocycles. The molecule has 1 unspecified atom stereocenters. The highest BCUT2D eigenvalue weighted by molar-refractivity contribution is 6.42. The minimum Gasteiger partial charge on any atom is -0.478 e. The largest absolute Gasteiger partial charge is 0.478 e. The molecule has 28 heavy (non-hydrogen) atoms. The van der Waals surface area contributed by atoms with Gasteiger partial charge in [-0.3, -0.25) is 9.78 Å². The summed E-state index contributed by atoms with van der Waals surface area (Å²) in [5.74, 6) is -1.29. The van der Waals surface area contributed by atoms with Crippen LogP contribution in [0, 0.1) is 0 Å². The van der Waals surface area contributed by atoms with E-state index in [0.717, 1.165) is 11.1 Å². The maximum absolute atomic E-state index is 12.6. The van der Waals surface area contributed by atoms with Gasteiger partial charge in [-0.15, -0.1) is 0 Å². The molecule has 3 rings (SSSR count). The molecule has 0 aliphatic carbocycles. The van der Waals surface area contributed by atoms with Crippen molar-refractivity contribution >= 4 is 35.1 Å². The van der Waals surface area contributed by atoms with Gasteiger partial charge in [0, 0.05) is 17.3 Å². The SMILES string of the molecule is CC(NC(=O)c1ccc(Cl)c(Cl)c1)c1ncccc1-c1ccc(C(=O)O)cc1. The molecule has 0 aliphatic heterocycles. The average Bonchev–Trinajstić information content (AvgIpc) is 2.70. The highest BCUT2D eigenvalue weighted by Gasteiger charge is 2.17. The van der Waals surface area contributed by atoms with Crippen molar-refractivity contribution in [2.75, 3.05) is 0 Å². The highest BCUT2D eigenvalue weighted by atomic mass is 35.5. The maximum atomic E-state index is 12.6. The fourth-order valence-corrected chi connectivity index (χ4v) is 3.08. The lowest BCUT2D eigenvalue weighted by atomic mass is 9.99. The molecule has 1 amide bonds. The summed E-state index contributed by atoms with van der Waals surface area (Å²) in [4.78, 5) is 28.0. The van der Waals surface area contributed by atoms with Gasteiger partial charge in [-0.25, -0.2) is 4.79 Å². The van der Waals surface area contributed by atoms with Gasteiger partial charge in [-0.2, -0.15) is 0 Å². The molecule has 2 N–H and O–H groups in total. The van der Waals surface area contributed by atoms with Crippen molar-refractivity contribution in [2.45, 2.75) is 13.0 Å². The number of hydrogen-bond donors (Lipinski definition) is 2. The Kier molecular flexibility index (Phi) is 5.97. The van der Waals surface area contributed by atoms with Crippen molar-refractivity contribution in [1.82, 2.24) is 10.3 Å². The third-order valence-electron chi connectivity index (χ3n) is 4.22. The van der Waals surface area contributed by atoms with Crippen molar-refractivity contribution in [3.8, 4) is 11.1 Å². The van der Waals surface area contributed by atoms with Crippen molar-refractivity contribution in [3.63, 3.8) is 0 Å². The first-order chi connectivity index (χ1) is 13.4. The van der Waals surface area contributed by atoms with Crippen LogP contribution in [0.5, 0.6) is 0 Å². The molecule has 7 heteroatoms. The number of pyridine rings is 1. The van der Waals surface area contributed by atoms with Crippen LogP contribution in [0.3, 0.4) is 0 Å². The molecule has 1 aromatic heterocycles. The fourth-order valence-electron chi connectivity index (χ4n) is 2.78. The number of benzene rings is 2. The zero-order chi connectivity index (χ0) is 20.3. The van der Waals surface area contributed by atoms with E-state index in [1.807, 2.05) is 13.0 Å². The Balaban J connectivity index is 1.86. The number of aromatic carboxylic acids is 1. The Hall–Kier alpha value is -2.89. The Morgan fingerprint density at radius 3 is 2.32 bits per heavy atom. The zero-order valence-corrected chi connectivity index (χ0v) is 16.3. The third kappa shape index (κ3) is 4.32. The van der Waals surface area contributed by atoms with Crippen LogP contribution in [0.2, 0.25) is 10.0 Å². The summed E-state index contributed by atoms with van der Waals surface area (Å²) in [6.45, 7) is 1.83. The number of carboxylic acids is 1. The summed E-state index contributed by atoms with van der Waals surface area (Å²) in [5.41, 5.74) is 2.88. The number of carbonyl (C=O) groups excluding carboxylic acids is 1. The maximum Gasteiger partial charge on any atom is 0.335 e. The Bertz CT molecular complexity index is 1040. The van der Waals surface area contributed by atoms with Crippen LogP contribution in [0.4, 0.5) is 0 Å². The molecule has 142 valence electrons. The van der Waals surface area contributed by atoms with E-state index >= 15 is 0 Å². The molecule has 5 nitrogen and oxygen atoms in total. The Labute approximate surface area is 171 Å². The molecule has 0 radical (unpaired) electrons. The molecule has 0 bridgehead atoms. The predicted octanol–water partition coefficient (Wildman–Crippen LogP) is 5.24. The van der Waals surface area contributed by atoms with Gasteiger partial charge in [-0.05, 0) is 48.9 Å². The van der Waals surface area contributed by atoms with E-state index in [0.29, 0.717) is 21.3 Å². The molecule has 1 atom stereocenters. The Morgan fingerprint density at radius 2 is 1.68 bits per heavy atom. The predicted molar refractivity (Wildman–Crippen MR) is 109 cm³/mol. The van der Waals surface area contributed by atoms with Gasteiger partial charge in [0.15, 0.2) is 0 Å². The van der Waals surface area contributed by atoms with Crippen LogP contribution >= 0.6 is 23.2 Å². The number of carboxylic acid groups (broad SMARTS) is 1. The molecule has 3 aromatic rings. The molecule has 0 aliphatic rings. The molecule has 0 saturated carbocycles. The number of nitrogens with one attached hydrogen (secondary N) is 1. The summed E-state index contributed by atoms with van der Waals surface area (Å²) >= 11 is 11.9. The normalized spacial score (nSPS) is 11.7. The molecule has 0 saturated heterocycles. The van der Waals surface area contributed by atoms with Crippen molar-refractivity contribution in [1.29, 1.82) is 0 Å². The van der Waals surface area contributed by atoms with Gasteiger partial charge >= 0.3 is 5.97 Å². The number of aromatic nitrogens is 1. The van der Waals surface area contributed by atoms with Crippen LogP contribution in [-0.2, 0) is 0 Å². The van der Waals surface area contributed by atoms with Gasteiger partial charge in [0.05, 0.1) is 27.3 Å². The van der Waals surface area contributed by atoms with Crippen molar-refractivity contribution in [3.05, 3.63) is 87.7 Å². The van der Waals surface area contributed by atoms with Crippen LogP contribution in [0.1, 0.15) is 39.4 Å². The Morgan fingerprint density at radius 1 is 1.00 bits per heavy atom. The minimum atomic E-state index is -0.986. The van der Waals surface area contributed by atoms with Gasteiger partial charge in [-0.1, -0.05) is 41.4 Å². The van der Waals surface area contributed by atoms with Crippen molar-refractivity contribution in [2.24, 2.45) is 0 Å². The van der Waals surface area contributed by atoms with E-state index in [-0.39, 0.29) is 11.5 Å². The second-order valence-corrected chi connectivity index (χ2v) is 6.96. The van der Waals surface area contributed by atoms with E-state index < -0.39 is 12.0 Å². The minimum absolute atomic E-state index is 0.204. The number of hydrogen-bond acceptors (Lipinski definition) is 3. The lowest BCUT2D eigenvalue weighted by Gasteiger charge is -2.17. The number of carbonyl (C=O) groups is 2. The lowest BCUT2D eigenvalue weighted by Crippen LogP contribution is -2.27. The van der Waals surface area contributed by atoms with Crippen molar-refractivity contribution < 1.29 is 14.7 Å². The number of amides is 1. The van der Waals surface area contributed by atoms with Crippen LogP contribution in [0.15, 0.2) is 60.8 Å². The average molecular weight is 415 g/mol. The summed E-state index contributed by atoms with van der Waals surface area (Å²) in [6.07, 6.45) is 1.65. The van der Waals surface area contributed by atoms with Gasteiger partial charge < -0.3 is 10.4 Å². The van der Waals surface area contributed by atoms with Crippen LogP contribution in [0.25, 0.3) is 11.1 Å². The topological polar surface area (TPSA) is 79.3 Å². The number of rotatable bonds is 5. The van der Waals surface area contributed by atoms with Gasteiger partial charge in [0.1, 0.15) is 0 Å². The van der Waals surface area contributed by atoms with Crippen LogP contribution < -0.4 is 5.32 Å². The quantitative estimate of drug-likeness (QED) is 0.597.